The average Bonchev–Trinajstić information content (AvgIpc) is 3.78. The molecule has 1 unspecified atom stereocenters. The van der Waals surface area contributed by atoms with Crippen LogP contribution in [0.1, 0.15) is 42.9 Å². The Labute approximate surface area is 236 Å². The van der Waals surface area contributed by atoms with E-state index in [1.165, 1.54) is 0 Å². The summed E-state index contributed by atoms with van der Waals surface area (Å²) in [4.78, 5) is 28.3. The number of amides is 2. The molecule has 8 nitrogen and oxygen atoms in total. The molecule has 0 aliphatic heterocycles. The van der Waals surface area contributed by atoms with Gasteiger partial charge in [-0.3, -0.25) is 9.59 Å². The highest BCUT2D eigenvalue weighted by molar-refractivity contribution is 7.89. The molecular weight excluding hydrogens is 526 g/mol. The maximum absolute atomic E-state index is 13.4. The van der Waals surface area contributed by atoms with E-state index in [1.54, 1.807) is 43.2 Å². The van der Waals surface area contributed by atoms with Crippen molar-refractivity contribution < 1.29 is 22.7 Å². The molecular formula is C31H37N3O5S. The van der Waals surface area contributed by atoms with Crippen molar-refractivity contribution in [3.8, 4) is 5.75 Å². The van der Waals surface area contributed by atoms with E-state index in [0.717, 1.165) is 35.3 Å². The van der Waals surface area contributed by atoms with Crippen LogP contribution in [-0.4, -0.2) is 50.9 Å². The number of nitrogens with zero attached hydrogens (tertiary/aromatic N) is 1. The minimum atomic E-state index is -3.52. The third kappa shape index (κ3) is 8.40. The van der Waals surface area contributed by atoms with Crippen LogP contribution in [-0.2, 0) is 39.0 Å². The second-order valence-electron chi connectivity index (χ2n) is 10.1. The van der Waals surface area contributed by atoms with Crippen LogP contribution >= 0.6 is 0 Å². The van der Waals surface area contributed by atoms with Gasteiger partial charge >= 0.3 is 0 Å². The van der Waals surface area contributed by atoms with Crippen LogP contribution in [0.15, 0.2) is 83.8 Å². The van der Waals surface area contributed by atoms with Crippen molar-refractivity contribution in [3.05, 3.63) is 95.6 Å². The van der Waals surface area contributed by atoms with Gasteiger partial charge in [-0.2, -0.15) is 0 Å². The van der Waals surface area contributed by atoms with Crippen molar-refractivity contribution in [2.75, 3.05) is 13.7 Å². The van der Waals surface area contributed by atoms with Crippen molar-refractivity contribution >= 4 is 21.8 Å². The first-order valence-corrected chi connectivity index (χ1v) is 15.1. The number of carbonyl (C=O) groups is 2. The quantitative estimate of drug-likeness (QED) is 0.310. The summed E-state index contributed by atoms with van der Waals surface area (Å²) in [6, 6.07) is 23.3. The molecule has 2 N–H and O–H groups in total. The highest BCUT2D eigenvalue weighted by Crippen LogP contribution is 2.22. The first kappa shape index (κ1) is 29.3. The number of sulfonamides is 1. The largest absolute Gasteiger partial charge is 0.497 e. The average molecular weight is 564 g/mol. The third-order valence-corrected chi connectivity index (χ3v) is 8.53. The van der Waals surface area contributed by atoms with Gasteiger partial charge in [0, 0.05) is 25.6 Å². The fraction of sp³-hybridized carbons (Fsp3) is 0.355. The molecule has 3 aromatic carbocycles. The maximum atomic E-state index is 13.4. The molecule has 0 bridgehead atoms. The Hall–Kier alpha value is -3.69. The zero-order valence-electron chi connectivity index (χ0n) is 23.0. The molecule has 40 heavy (non-hydrogen) atoms. The summed E-state index contributed by atoms with van der Waals surface area (Å²) in [7, 11) is -1.90. The summed E-state index contributed by atoms with van der Waals surface area (Å²) in [5.41, 5.74) is 2.87. The molecule has 1 aliphatic carbocycles. The van der Waals surface area contributed by atoms with Gasteiger partial charge in [0.1, 0.15) is 11.8 Å². The molecule has 9 heteroatoms. The lowest BCUT2D eigenvalue weighted by atomic mass is 10.1. The van der Waals surface area contributed by atoms with Crippen molar-refractivity contribution in [3.63, 3.8) is 0 Å². The Morgan fingerprint density at radius 2 is 1.52 bits per heavy atom. The Morgan fingerprint density at radius 1 is 0.900 bits per heavy atom. The fourth-order valence-corrected chi connectivity index (χ4v) is 5.66. The zero-order chi connectivity index (χ0) is 28.5. The van der Waals surface area contributed by atoms with E-state index >= 15 is 0 Å². The van der Waals surface area contributed by atoms with Crippen molar-refractivity contribution in [1.82, 2.24) is 14.9 Å². The SMILES string of the molecule is COc1ccc(CCNC(=O)C(C)N(Cc2ccccc2)C(=O)CCc2ccc(S(=O)(=O)NC3CC3)cc2)cc1. The van der Waals surface area contributed by atoms with E-state index < -0.39 is 16.1 Å². The van der Waals surface area contributed by atoms with Gasteiger partial charge in [0.05, 0.1) is 12.0 Å². The normalized spacial score (nSPS) is 13.8. The highest BCUT2D eigenvalue weighted by atomic mass is 32.2. The first-order chi connectivity index (χ1) is 19.2. The third-order valence-electron chi connectivity index (χ3n) is 7.00. The van der Waals surface area contributed by atoms with Crippen LogP contribution in [0, 0.1) is 0 Å². The van der Waals surface area contributed by atoms with Gasteiger partial charge in [0.15, 0.2) is 0 Å². The lowest BCUT2D eigenvalue weighted by molar-refractivity contribution is -0.140. The number of carbonyl (C=O) groups excluding carboxylic acids is 2. The molecule has 212 valence electrons. The molecule has 4 rings (SSSR count). The van der Waals surface area contributed by atoms with E-state index in [9.17, 15) is 18.0 Å². The maximum Gasteiger partial charge on any atom is 0.242 e. The van der Waals surface area contributed by atoms with Crippen LogP contribution in [0.2, 0.25) is 0 Å². The Balaban J connectivity index is 1.36. The predicted molar refractivity (Wildman–Crippen MR) is 154 cm³/mol. The molecule has 1 aliphatic rings. The number of hydrogen-bond donors (Lipinski definition) is 2. The first-order valence-electron chi connectivity index (χ1n) is 13.6. The van der Waals surface area contributed by atoms with Crippen molar-refractivity contribution in [2.45, 2.75) is 62.6 Å². The number of methoxy groups -OCH3 is 1. The summed E-state index contributed by atoms with van der Waals surface area (Å²) in [5.74, 6) is 0.423. The molecule has 0 radical (unpaired) electrons. The summed E-state index contributed by atoms with van der Waals surface area (Å²) < 4.78 is 32.7. The number of ether oxygens (including phenoxy) is 1. The van der Waals surface area contributed by atoms with Gasteiger partial charge in [-0.15, -0.1) is 0 Å². The molecule has 0 aromatic heterocycles. The molecule has 1 fully saturated rings. The Morgan fingerprint density at radius 3 is 2.15 bits per heavy atom. The second-order valence-corrected chi connectivity index (χ2v) is 11.8. The molecule has 3 aromatic rings. The van der Waals surface area contributed by atoms with E-state index in [-0.39, 0.29) is 29.2 Å². The fourth-order valence-electron chi connectivity index (χ4n) is 4.35. The van der Waals surface area contributed by atoms with Crippen LogP contribution in [0.5, 0.6) is 5.75 Å². The lowest BCUT2D eigenvalue weighted by Gasteiger charge is -2.29. The predicted octanol–water partition coefficient (Wildman–Crippen LogP) is 3.84. The number of nitrogens with one attached hydrogen (secondary N) is 2. The smallest absolute Gasteiger partial charge is 0.242 e. The van der Waals surface area contributed by atoms with Crippen LogP contribution in [0.25, 0.3) is 0 Å². The van der Waals surface area contributed by atoms with E-state index in [4.69, 9.17) is 4.74 Å². The van der Waals surface area contributed by atoms with Crippen LogP contribution in [0.4, 0.5) is 0 Å². The van der Waals surface area contributed by atoms with E-state index in [1.807, 2.05) is 54.6 Å². The van der Waals surface area contributed by atoms with Gasteiger partial charge < -0.3 is 15.0 Å². The molecule has 0 heterocycles. The minimum absolute atomic E-state index is 0.0412. The lowest BCUT2D eigenvalue weighted by Crippen LogP contribution is -2.48. The minimum Gasteiger partial charge on any atom is -0.497 e. The zero-order valence-corrected chi connectivity index (χ0v) is 23.8. The topological polar surface area (TPSA) is 105 Å². The van der Waals surface area contributed by atoms with Gasteiger partial charge in [-0.25, -0.2) is 13.1 Å². The Kier molecular flexibility index (Phi) is 9.95. The second kappa shape index (κ2) is 13.6. The summed E-state index contributed by atoms with van der Waals surface area (Å²) in [6.07, 6.45) is 3.04. The number of hydrogen-bond acceptors (Lipinski definition) is 5. The van der Waals surface area contributed by atoms with Gasteiger partial charge in [-0.05, 0) is 73.6 Å². The number of benzene rings is 3. The standard InChI is InChI=1S/C31H37N3O5S/c1-23(31(36)32-21-20-25-8-15-28(39-2)16-9-25)34(22-26-6-4-3-5-7-26)30(35)19-12-24-10-17-29(18-11-24)40(37,38)33-27-13-14-27/h3-11,15-18,23,27,33H,12-14,19-22H2,1-2H3,(H,32,36). The van der Waals surface area contributed by atoms with E-state index in [2.05, 4.69) is 10.0 Å². The molecule has 2 amide bonds. The Bertz CT molecular complexity index is 1370. The number of rotatable bonds is 14. The van der Waals surface area contributed by atoms with Crippen molar-refractivity contribution in [2.24, 2.45) is 0 Å². The molecule has 1 atom stereocenters. The summed E-state index contributed by atoms with van der Waals surface area (Å²) in [6.45, 7) is 2.51. The van der Waals surface area contributed by atoms with Gasteiger partial charge in [0.25, 0.3) is 0 Å². The molecule has 0 saturated heterocycles. The molecule has 0 spiro atoms. The highest BCUT2D eigenvalue weighted by Gasteiger charge is 2.28. The molecule has 1 saturated carbocycles. The van der Waals surface area contributed by atoms with Crippen LogP contribution < -0.4 is 14.8 Å². The van der Waals surface area contributed by atoms with Gasteiger partial charge in [0.2, 0.25) is 21.8 Å². The van der Waals surface area contributed by atoms with E-state index in [0.29, 0.717) is 25.9 Å². The van der Waals surface area contributed by atoms with Crippen LogP contribution in [0.3, 0.4) is 0 Å². The summed E-state index contributed by atoms with van der Waals surface area (Å²) >= 11 is 0. The van der Waals surface area contributed by atoms with Gasteiger partial charge in [-0.1, -0.05) is 54.6 Å². The monoisotopic (exact) mass is 563 g/mol. The summed E-state index contributed by atoms with van der Waals surface area (Å²) in [5, 5.41) is 2.97. The van der Waals surface area contributed by atoms with Crippen molar-refractivity contribution in [1.29, 1.82) is 0 Å². The number of aryl methyl sites for hydroxylation is 1.